The van der Waals surface area contributed by atoms with Crippen LogP contribution in [-0.4, -0.2) is 42.6 Å². The van der Waals surface area contributed by atoms with Gasteiger partial charge in [0.25, 0.3) is 5.91 Å². The highest BCUT2D eigenvalue weighted by atomic mass is 16.5. The number of carbonyl (C=O) groups excluding carboxylic acids is 3. The number of hydrogen-bond donors (Lipinski definition) is 2. The van der Waals surface area contributed by atoms with Gasteiger partial charge in [0.15, 0.2) is 12.2 Å². The highest BCUT2D eigenvalue weighted by Gasteiger charge is 2.12. The lowest BCUT2D eigenvalue weighted by Crippen LogP contribution is -2.37. The van der Waals surface area contributed by atoms with Gasteiger partial charge in [-0.1, -0.05) is 12.1 Å². The summed E-state index contributed by atoms with van der Waals surface area (Å²) in [5.74, 6) is -2.15. The number of rotatable bonds is 7. The highest BCUT2D eigenvalue weighted by molar-refractivity contribution is 5.86. The number of hydrogen-bond acceptors (Lipinski definition) is 6. The Labute approximate surface area is 136 Å². The Hall–Kier alpha value is -3.10. The third-order valence-corrected chi connectivity index (χ3v) is 3.20. The molecule has 128 valence electrons. The number of aryl methyl sites for hydroxylation is 1. The SMILES string of the molecule is CNC(=O)CNC(=O)COC(=O)CCn1c(=O)oc2ccccc21. The number of carbonyl (C=O) groups is 3. The van der Waals surface area contributed by atoms with Gasteiger partial charge in [0, 0.05) is 13.6 Å². The molecule has 0 saturated carbocycles. The topological polar surface area (TPSA) is 120 Å². The fourth-order valence-corrected chi connectivity index (χ4v) is 1.97. The number of amides is 2. The van der Waals surface area contributed by atoms with E-state index in [2.05, 4.69) is 10.6 Å². The van der Waals surface area contributed by atoms with E-state index in [0.717, 1.165) is 0 Å². The number of likely N-dealkylation sites (N-methyl/N-ethyl adjacent to an activating group) is 1. The van der Waals surface area contributed by atoms with Crippen LogP contribution in [0.25, 0.3) is 11.1 Å². The summed E-state index contributed by atoms with van der Waals surface area (Å²) >= 11 is 0. The summed E-state index contributed by atoms with van der Waals surface area (Å²) in [7, 11) is 1.44. The first-order chi connectivity index (χ1) is 11.5. The Bertz CT molecular complexity index is 807. The minimum absolute atomic E-state index is 0.0779. The van der Waals surface area contributed by atoms with E-state index in [0.29, 0.717) is 11.1 Å². The minimum Gasteiger partial charge on any atom is -0.456 e. The van der Waals surface area contributed by atoms with Crippen LogP contribution in [0.3, 0.4) is 0 Å². The van der Waals surface area contributed by atoms with Crippen molar-refractivity contribution in [3.05, 3.63) is 34.8 Å². The third kappa shape index (κ3) is 4.45. The van der Waals surface area contributed by atoms with Crippen molar-refractivity contribution in [3.8, 4) is 0 Å². The summed E-state index contributed by atoms with van der Waals surface area (Å²) in [6, 6.07) is 6.85. The Morgan fingerprint density at radius 2 is 1.96 bits per heavy atom. The van der Waals surface area contributed by atoms with Crippen molar-refractivity contribution in [3.63, 3.8) is 0 Å². The van der Waals surface area contributed by atoms with E-state index in [1.165, 1.54) is 11.6 Å². The Morgan fingerprint density at radius 3 is 2.71 bits per heavy atom. The van der Waals surface area contributed by atoms with Gasteiger partial charge < -0.3 is 19.8 Å². The molecule has 0 spiro atoms. The number of para-hydroxylation sites is 2. The molecule has 9 heteroatoms. The molecule has 9 nitrogen and oxygen atoms in total. The van der Waals surface area contributed by atoms with E-state index in [4.69, 9.17) is 9.15 Å². The summed E-state index contributed by atoms with van der Waals surface area (Å²) < 4.78 is 11.2. The van der Waals surface area contributed by atoms with Gasteiger partial charge >= 0.3 is 11.7 Å². The molecule has 24 heavy (non-hydrogen) atoms. The van der Waals surface area contributed by atoms with Gasteiger partial charge in [0.1, 0.15) is 0 Å². The van der Waals surface area contributed by atoms with Crippen molar-refractivity contribution in [1.82, 2.24) is 15.2 Å². The minimum atomic E-state index is -0.637. The van der Waals surface area contributed by atoms with E-state index in [-0.39, 0.29) is 25.4 Å². The average Bonchev–Trinajstić information content (AvgIpc) is 2.91. The molecule has 0 bridgehead atoms. The maximum absolute atomic E-state index is 11.7. The highest BCUT2D eigenvalue weighted by Crippen LogP contribution is 2.12. The molecule has 0 fully saturated rings. The molecule has 0 aliphatic heterocycles. The van der Waals surface area contributed by atoms with E-state index in [9.17, 15) is 19.2 Å². The maximum atomic E-state index is 11.7. The van der Waals surface area contributed by atoms with Gasteiger partial charge in [0.05, 0.1) is 18.5 Å². The van der Waals surface area contributed by atoms with Crippen molar-refractivity contribution in [2.75, 3.05) is 20.2 Å². The molecule has 0 radical (unpaired) electrons. The lowest BCUT2D eigenvalue weighted by molar-refractivity contribution is -0.148. The van der Waals surface area contributed by atoms with Crippen LogP contribution in [0.4, 0.5) is 0 Å². The normalized spacial score (nSPS) is 10.4. The molecule has 2 amide bonds. The van der Waals surface area contributed by atoms with Crippen LogP contribution in [0.1, 0.15) is 6.42 Å². The first kappa shape index (κ1) is 17.3. The number of nitrogens with zero attached hydrogens (tertiary/aromatic N) is 1. The average molecular weight is 335 g/mol. The van der Waals surface area contributed by atoms with Crippen LogP contribution in [0.5, 0.6) is 0 Å². The Balaban J connectivity index is 1.81. The zero-order valence-electron chi connectivity index (χ0n) is 13.0. The summed E-state index contributed by atoms with van der Waals surface area (Å²) in [6.45, 7) is -0.602. The Morgan fingerprint density at radius 1 is 1.21 bits per heavy atom. The molecule has 0 atom stereocenters. The van der Waals surface area contributed by atoms with Crippen LogP contribution in [-0.2, 0) is 25.7 Å². The van der Waals surface area contributed by atoms with Gasteiger partial charge in [-0.25, -0.2) is 4.79 Å². The second kappa shape index (κ2) is 7.95. The standard InChI is InChI=1S/C15H17N3O6/c1-16-12(19)8-17-13(20)9-23-14(21)6-7-18-10-4-2-3-5-11(10)24-15(18)22/h2-5H,6-9H2,1H3,(H,16,19)(H,17,20). The second-order valence-electron chi connectivity index (χ2n) is 4.85. The molecular weight excluding hydrogens is 318 g/mol. The van der Waals surface area contributed by atoms with Gasteiger partial charge in [-0.05, 0) is 12.1 Å². The van der Waals surface area contributed by atoms with Crippen LogP contribution >= 0.6 is 0 Å². The number of ether oxygens (including phenoxy) is 1. The molecule has 0 unspecified atom stereocenters. The van der Waals surface area contributed by atoms with Crippen LogP contribution in [0.2, 0.25) is 0 Å². The molecule has 1 aromatic heterocycles. The van der Waals surface area contributed by atoms with E-state index in [1.54, 1.807) is 24.3 Å². The van der Waals surface area contributed by atoms with Crippen LogP contribution in [0, 0.1) is 0 Å². The van der Waals surface area contributed by atoms with Crippen molar-refractivity contribution < 1.29 is 23.5 Å². The van der Waals surface area contributed by atoms with Crippen molar-refractivity contribution >= 4 is 28.9 Å². The molecule has 1 aromatic carbocycles. The van der Waals surface area contributed by atoms with E-state index >= 15 is 0 Å². The molecule has 2 aromatic rings. The third-order valence-electron chi connectivity index (χ3n) is 3.20. The van der Waals surface area contributed by atoms with Gasteiger partial charge in [-0.15, -0.1) is 0 Å². The van der Waals surface area contributed by atoms with Crippen LogP contribution in [0.15, 0.2) is 33.5 Å². The number of esters is 1. The molecule has 2 rings (SSSR count). The fourth-order valence-electron chi connectivity index (χ4n) is 1.97. The number of fused-ring (bicyclic) bond motifs is 1. The summed E-state index contributed by atoms with van der Waals surface area (Å²) in [6.07, 6.45) is -0.0911. The molecule has 0 aliphatic carbocycles. The molecule has 0 saturated heterocycles. The summed E-state index contributed by atoms with van der Waals surface area (Å²) in [4.78, 5) is 45.7. The molecule has 0 aliphatic rings. The maximum Gasteiger partial charge on any atom is 0.419 e. The number of benzene rings is 1. The monoisotopic (exact) mass is 335 g/mol. The van der Waals surface area contributed by atoms with Crippen molar-refractivity contribution in [1.29, 1.82) is 0 Å². The zero-order chi connectivity index (χ0) is 17.5. The zero-order valence-corrected chi connectivity index (χ0v) is 13.0. The number of oxazole rings is 1. The first-order valence-electron chi connectivity index (χ1n) is 7.22. The predicted molar refractivity (Wildman–Crippen MR) is 83.1 cm³/mol. The molecule has 2 N–H and O–H groups in total. The largest absolute Gasteiger partial charge is 0.456 e. The fraction of sp³-hybridized carbons (Fsp3) is 0.333. The van der Waals surface area contributed by atoms with Crippen LogP contribution < -0.4 is 16.4 Å². The predicted octanol–water partition coefficient (Wildman–Crippen LogP) is -0.610. The van der Waals surface area contributed by atoms with Gasteiger partial charge in [-0.2, -0.15) is 0 Å². The first-order valence-corrected chi connectivity index (χ1v) is 7.22. The quantitative estimate of drug-likeness (QED) is 0.652. The van der Waals surface area contributed by atoms with Gasteiger partial charge in [0.2, 0.25) is 5.91 Å². The summed E-state index contributed by atoms with van der Waals surface area (Å²) in [5.41, 5.74) is 1.02. The number of nitrogens with one attached hydrogen (secondary N) is 2. The van der Waals surface area contributed by atoms with Crippen molar-refractivity contribution in [2.45, 2.75) is 13.0 Å². The number of aromatic nitrogens is 1. The smallest absolute Gasteiger partial charge is 0.419 e. The Kier molecular flexibility index (Phi) is 5.72. The van der Waals surface area contributed by atoms with E-state index < -0.39 is 24.2 Å². The lowest BCUT2D eigenvalue weighted by atomic mass is 10.3. The van der Waals surface area contributed by atoms with Crippen molar-refractivity contribution in [2.24, 2.45) is 0 Å². The molecular formula is C15H17N3O6. The lowest BCUT2D eigenvalue weighted by Gasteiger charge is -2.06. The van der Waals surface area contributed by atoms with Gasteiger partial charge in [-0.3, -0.25) is 19.0 Å². The summed E-state index contributed by atoms with van der Waals surface area (Å²) in [5, 5.41) is 4.63. The molecule has 1 heterocycles. The van der Waals surface area contributed by atoms with E-state index in [1.807, 2.05) is 0 Å². The second-order valence-corrected chi connectivity index (χ2v) is 4.85.